The van der Waals surface area contributed by atoms with Crippen molar-refractivity contribution in [1.82, 2.24) is 5.32 Å². The molecule has 0 radical (unpaired) electrons. The smallest absolute Gasteiger partial charge is 0.157 e. The number of rotatable bonds is 3. The number of benzene rings is 6. The third-order valence-corrected chi connectivity index (χ3v) is 11.4. The lowest BCUT2D eigenvalue weighted by Crippen LogP contribution is -2.33. The first-order valence-electron chi connectivity index (χ1n) is 17.9. The number of aryl methyl sites for hydroxylation is 1. The summed E-state index contributed by atoms with van der Waals surface area (Å²) in [7, 11) is 0. The van der Waals surface area contributed by atoms with Crippen LogP contribution in [0.5, 0.6) is 5.75 Å². The van der Waals surface area contributed by atoms with Crippen molar-refractivity contribution in [2.75, 3.05) is 0 Å². The Balaban J connectivity index is 1.13. The van der Waals surface area contributed by atoms with E-state index in [1.54, 1.807) is 0 Å². The molecule has 2 aliphatic carbocycles. The summed E-state index contributed by atoms with van der Waals surface area (Å²) in [6, 6.07) is 43.5. The van der Waals surface area contributed by atoms with Gasteiger partial charge in [0.1, 0.15) is 34.7 Å². The number of amidine groups is 1. The topological polar surface area (TPSA) is 46.8 Å². The maximum atomic E-state index is 6.59. The molecule has 4 nitrogen and oxygen atoms in total. The third kappa shape index (κ3) is 4.11. The van der Waals surface area contributed by atoms with Gasteiger partial charge in [0.25, 0.3) is 0 Å². The summed E-state index contributed by atoms with van der Waals surface area (Å²) in [5, 5.41) is 7.44. The Morgan fingerprint density at radius 3 is 2.47 bits per heavy atom. The number of hydrogen-bond acceptors (Lipinski definition) is 4. The van der Waals surface area contributed by atoms with E-state index >= 15 is 0 Å². The zero-order valence-electron chi connectivity index (χ0n) is 28.5. The normalized spacial score (nSPS) is 17.7. The van der Waals surface area contributed by atoms with Gasteiger partial charge in [0.2, 0.25) is 0 Å². The van der Waals surface area contributed by atoms with Crippen LogP contribution in [-0.4, -0.2) is 5.84 Å². The van der Waals surface area contributed by atoms with E-state index in [1.807, 2.05) is 18.2 Å². The van der Waals surface area contributed by atoms with E-state index in [1.165, 1.54) is 55.1 Å². The van der Waals surface area contributed by atoms with Crippen molar-refractivity contribution in [2.45, 2.75) is 38.1 Å². The first-order chi connectivity index (χ1) is 25.0. The van der Waals surface area contributed by atoms with Crippen molar-refractivity contribution in [3.63, 3.8) is 0 Å². The second-order valence-electron chi connectivity index (χ2n) is 14.6. The van der Waals surface area contributed by atoms with Gasteiger partial charge in [0.05, 0.1) is 0 Å². The molecular weight excluding hydrogens is 625 g/mol. The molecule has 0 amide bonds. The van der Waals surface area contributed by atoms with Crippen molar-refractivity contribution in [3.05, 3.63) is 172 Å². The Hall–Kier alpha value is -6.13. The Bertz CT molecular complexity index is 2730. The van der Waals surface area contributed by atoms with Crippen LogP contribution in [0.2, 0.25) is 0 Å². The fourth-order valence-corrected chi connectivity index (χ4v) is 8.87. The van der Waals surface area contributed by atoms with Gasteiger partial charge in [-0.2, -0.15) is 0 Å². The highest BCUT2D eigenvalue weighted by Crippen LogP contribution is 2.55. The predicted octanol–water partition coefficient (Wildman–Crippen LogP) is 11.4. The summed E-state index contributed by atoms with van der Waals surface area (Å²) < 4.78 is 12.9. The summed E-state index contributed by atoms with van der Waals surface area (Å²) >= 11 is 0. The largest absolute Gasteiger partial charge is 0.456 e. The van der Waals surface area contributed by atoms with Gasteiger partial charge in [-0.05, 0) is 93.4 Å². The second-order valence-corrected chi connectivity index (χ2v) is 14.6. The Labute approximate surface area is 296 Å². The summed E-state index contributed by atoms with van der Waals surface area (Å²) in [5.41, 5.74) is 13.9. The van der Waals surface area contributed by atoms with Crippen molar-refractivity contribution < 1.29 is 9.15 Å². The van der Waals surface area contributed by atoms with Crippen LogP contribution in [0, 0.1) is 0 Å². The summed E-state index contributed by atoms with van der Waals surface area (Å²) in [6.45, 7) is 4.73. The van der Waals surface area contributed by atoms with Crippen LogP contribution in [0.4, 0.5) is 0 Å². The van der Waals surface area contributed by atoms with E-state index in [0.717, 1.165) is 63.9 Å². The van der Waals surface area contributed by atoms with Crippen LogP contribution in [0.25, 0.3) is 55.8 Å². The SMILES string of the molecule is CC1(C)c2cc(C3=C4Oc5ccccc5C4NC(c4ccccc4)=N3)ccc2-c2c1cc1ccccc1c2-c1ccc2oc3c(c2c1)CCC=C3. The monoisotopic (exact) mass is 658 g/mol. The number of allylic oxidation sites excluding steroid dienone is 1. The average Bonchev–Trinajstić information content (AvgIpc) is 3.81. The molecule has 3 heterocycles. The lowest BCUT2D eigenvalue weighted by Gasteiger charge is -2.25. The van der Waals surface area contributed by atoms with Crippen LogP contribution in [0.1, 0.15) is 65.5 Å². The van der Waals surface area contributed by atoms with Crippen LogP contribution in [0.15, 0.2) is 143 Å². The minimum atomic E-state index is -0.244. The number of hydrogen-bond donors (Lipinski definition) is 1. The van der Waals surface area contributed by atoms with E-state index in [9.17, 15) is 0 Å². The first-order valence-corrected chi connectivity index (χ1v) is 17.9. The highest BCUT2D eigenvalue weighted by atomic mass is 16.5. The average molecular weight is 659 g/mol. The number of fused-ring (bicyclic) bond motifs is 10. The molecule has 0 bridgehead atoms. The van der Waals surface area contributed by atoms with Crippen LogP contribution < -0.4 is 10.1 Å². The number of furan rings is 1. The maximum Gasteiger partial charge on any atom is 0.157 e. The molecule has 1 unspecified atom stereocenters. The number of ether oxygens (including phenoxy) is 1. The van der Waals surface area contributed by atoms with E-state index in [4.69, 9.17) is 14.1 Å². The van der Waals surface area contributed by atoms with Crippen molar-refractivity contribution in [3.8, 4) is 28.0 Å². The quantitative estimate of drug-likeness (QED) is 0.206. The van der Waals surface area contributed by atoms with Gasteiger partial charge in [-0.3, -0.25) is 0 Å². The second kappa shape index (κ2) is 10.4. The number of para-hydroxylation sites is 1. The Kier molecular flexibility index (Phi) is 5.87. The molecule has 1 aromatic heterocycles. The van der Waals surface area contributed by atoms with Crippen molar-refractivity contribution in [1.29, 1.82) is 0 Å². The maximum absolute atomic E-state index is 6.59. The minimum absolute atomic E-state index is 0.113. The molecule has 244 valence electrons. The fourth-order valence-electron chi connectivity index (χ4n) is 8.87. The molecular formula is C47H34N2O2. The molecule has 0 saturated heterocycles. The minimum Gasteiger partial charge on any atom is -0.456 e. The predicted molar refractivity (Wildman–Crippen MR) is 207 cm³/mol. The van der Waals surface area contributed by atoms with Gasteiger partial charge in [-0.1, -0.05) is 111 Å². The highest BCUT2D eigenvalue weighted by molar-refractivity contribution is 6.10. The van der Waals surface area contributed by atoms with Gasteiger partial charge in [-0.25, -0.2) is 4.99 Å². The molecule has 2 aliphatic heterocycles. The molecule has 1 atom stereocenters. The molecule has 4 heteroatoms. The molecule has 11 rings (SSSR count). The number of nitrogens with one attached hydrogen (secondary N) is 1. The molecule has 51 heavy (non-hydrogen) atoms. The summed E-state index contributed by atoms with van der Waals surface area (Å²) in [4.78, 5) is 5.29. The standard InChI is InChI=1S/C47H34N2O2/c1-47(2)36-26-30(43-45-44(34-17-9-11-19-39(34)51-45)49-46(48-43)27-12-4-3-5-13-27)20-22-33(36)42-37(47)25-28-14-6-7-15-31(28)41(42)29-21-23-40-35(24-29)32-16-8-10-18-38(32)50-40/h3-7,9-15,17-26,44H,8,16H2,1-2H3,(H,48,49). The third-order valence-electron chi connectivity index (χ3n) is 11.4. The molecule has 0 spiro atoms. The van der Waals surface area contributed by atoms with Gasteiger partial charge in [0.15, 0.2) is 5.76 Å². The van der Waals surface area contributed by atoms with Gasteiger partial charge >= 0.3 is 0 Å². The highest BCUT2D eigenvalue weighted by Gasteiger charge is 2.40. The lowest BCUT2D eigenvalue weighted by molar-refractivity contribution is 0.420. The van der Waals surface area contributed by atoms with Gasteiger partial charge in [0, 0.05) is 33.1 Å². The summed E-state index contributed by atoms with van der Waals surface area (Å²) in [6.07, 6.45) is 6.39. The number of nitrogens with zero attached hydrogens (tertiary/aromatic N) is 1. The molecule has 0 fully saturated rings. The van der Waals surface area contributed by atoms with E-state index in [0.29, 0.717) is 0 Å². The van der Waals surface area contributed by atoms with E-state index < -0.39 is 0 Å². The van der Waals surface area contributed by atoms with Crippen molar-refractivity contribution in [2.24, 2.45) is 4.99 Å². The van der Waals surface area contributed by atoms with Crippen molar-refractivity contribution >= 4 is 39.4 Å². The summed E-state index contributed by atoms with van der Waals surface area (Å²) in [5.74, 6) is 3.58. The van der Waals surface area contributed by atoms with Crippen LogP contribution in [-0.2, 0) is 11.8 Å². The van der Waals surface area contributed by atoms with E-state index in [2.05, 4.69) is 134 Å². The van der Waals surface area contributed by atoms with Gasteiger partial charge in [-0.15, -0.1) is 0 Å². The lowest BCUT2D eigenvalue weighted by atomic mass is 9.80. The van der Waals surface area contributed by atoms with Gasteiger partial charge < -0.3 is 14.5 Å². The molecule has 4 aliphatic rings. The zero-order valence-corrected chi connectivity index (χ0v) is 28.5. The molecule has 6 aromatic carbocycles. The Morgan fingerprint density at radius 1 is 0.725 bits per heavy atom. The first kappa shape index (κ1) is 28.7. The number of aliphatic imine (C=N–C) groups is 1. The van der Waals surface area contributed by atoms with Crippen LogP contribution in [0.3, 0.4) is 0 Å². The Morgan fingerprint density at radius 2 is 1.55 bits per heavy atom. The van der Waals surface area contributed by atoms with E-state index in [-0.39, 0.29) is 11.5 Å². The van der Waals surface area contributed by atoms with Crippen LogP contribution >= 0.6 is 0 Å². The molecule has 1 N–H and O–H groups in total. The zero-order chi connectivity index (χ0) is 33.8. The fraction of sp³-hybridized carbons (Fsp3) is 0.128. The molecule has 0 saturated carbocycles. The molecule has 7 aromatic rings.